The molecule has 2 N–H and O–H groups in total. The first-order chi connectivity index (χ1) is 20.3. The molecule has 216 valence electrons. The molecule has 0 radical (unpaired) electrons. The zero-order valence-electron chi connectivity index (χ0n) is 23.6. The molecule has 0 aliphatic heterocycles. The molecule has 2 amide bonds. The maximum absolute atomic E-state index is 12.7. The zero-order valence-corrected chi connectivity index (χ0v) is 24.4. The Morgan fingerprint density at radius 2 is 1.62 bits per heavy atom. The van der Waals surface area contributed by atoms with Crippen molar-refractivity contribution in [1.29, 1.82) is 0 Å². The quantitative estimate of drug-likeness (QED) is 0.142. The summed E-state index contributed by atoms with van der Waals surface area (Å²) in [6.45, 7) is 6.45. The van der Waals surface area contributed by atoms with E-state index in [1.54, 1.807) is 36.4 Å². The molecule has 0 aromatic heterocycles. The Morgan fingerprint density at radius 1 is 0.833 bits per heavy atom. The van der Waals surface area contributed by atoms with Crippen LogP contribution in [0.1, 0.15) is 39.5 Å². The molecule has 0 heterocycles. The minimum atomic E-state index is -0.414. The van der Waals surface area contributed by atoms with E-state index < -0.39 is 5.91 Å². The van der Waals surface area contributed by atoms with Crippen LogP contribution in [0.4, 0.5) is 5.69 Å². The van der Waals surface area contributed by atoms with Gasteiger partial charge in [-0.15, -0.1) is 0 Å². The highest BCUT2D eigenvalue weighted by molar-refractivity contribution is 6.32. The van der Waals surface area contributed by atoms with Gasteiger partial charge in [0.15, 0.2) is 18.1 Å². The van der Waals surface area contributed by atoms with Crippen LogP contribution < -0.4 is 25.0 Å². The Hall–Kier alpha value is -4.82. The number of rotatable bonds is 12. The monoisotopic (exact) mass is 585 g/mol. The van der Waals surface area contributed by atoms with Crippen LogP contribution in [-0.4, -0.2) is 31.2 Å². The van der Waals surface area contributed by atoms with Gasteiger partial charge in [-0.1, -0.05) is 48.0 Å². The van der Waals surface area contributed by atoms with Crippen LogP contribution in [-0.2, 0) is 11.4 Å². The van der Waals surface area contributed by atoms with Gasteiger partial charge in [0.1, 0.15) is 12.4 Å². The summed E-state index contributed by atoms with van der Waals surface area (Å²) in [6.07, 6.45) is 1.46. The molecule has 0 aliphatic rings. The molecule has 0 saturated heterocycles. The lowest BCUT2D eigenvalue weighted by Gasteiger charge is -2.13. The molecule has 4 rings (SSSR count). The molecular formula is C33H32ClN3O5. The number of nitrogens with zero attached hydrogens (tertiary/aromatic N) is 1. The van der Waals surface area contributed by atoms with Gasteiger partial charge in [-0.3, -0.25) is 9.59 Å². The third-order valence-corrected chi connectivity index (χ3v) is 6.52. The van der Waals surface area contributed by atoms with E-state index in [9.17, 15) is 9.59 Å². The largest absolute Gasteiger partial charge is 0.490 e. The van der Waals surface area contributed by atoms with Gasteiger partial charge in [0.2, 0.25) is 0 Å². The molecule has 0 fully saturated rings. The zero-order chi connectivity index (χ0) is 29.9. The summed E-state index contributed by atoms with van der Waals surface area (Å²) in [5.74, 6) is 0.648. The van der Waals surface area contributed by atoms with Crippen molar-refractivity contribution in [1.82, 2.24) is 5.43 Å². The molecule has 0 atom stereocenters. The van der Waals surface area contributed by atoms with Crippen LogP contribution in [0.3, 0.4) is 0 Å². The third-order valence-electron chi connectivity index (χ3n) is 6.23. The second-order valence-corrected chi connectivity index (χ2v) is 9.80. The lowest BCUT2D eigenvalue weighted by molar-refractivity contribution is -0.118. The number of aryl methyl sites for hydroxylation is 2. The fourth-order valence-corrected chi connectivity index (χ4v) is 4.12. The van der Waals surface area contributed by atoms with Crippen LogP contribution in [0.5, 0.6) is 17.2 Å². The predicted octanol–water partition coefficient (Wildman–Crippen LogP) is 6.72. The van der Waals surface area contributed by atoms with Crippen LogP contribution in [0, 0.1) is 13.8 Å². The lowest BCUT2D eigenvalue weighted by atomic mass is 10.1. The third kappa shape index (κ3) is 8.59. The van der Waals surface area contributed by atoms with E-state index in [4.69, 9.17) is 25.8 Å². The van der Waals surface area contributed by atoms with E-state index in [-0.39, 0.29) is 12.5 Å². The summed E-state index contributed by atoms with van der Waals surface area (Å²) in [6, 6.07) is 25.4. The smallest absolute Gasteiger partial charge is 0.271 e. The fraction of sp³-hybridized carbons (Fsp3) is 0.182. The van der Waals surface area contributed by atoms with Crippen LogP contribution in [0.15, 0.2) is 90.0 Å². The van der Waals surface area contributed by atoms with Gasteiger partial charge in [0.25, 0.3) is 11.8 Å². The predicted molar refractivity (Wildman–Crippen MR) is 165 cm³/mol. The molecular weight excluding hydrogens is 554 g/mol. The Kier molecular flexibility index (Phi) is 10.6. The minimum Gasteiger partial charge on any atom is -0.490 e. The lowest BCUT2D eigenvalue weighted by Crippen LogP contribution is -2.20. The first-order valence-electron chi connectivity index (χ1n) is 13.4. The number of hydrazone groups is 1. The van der Waals surface area contributed by atoms with E-state index in [0.717, 1.165) is 16.7 Å². The SMILES string of the molecule is CCOc1cc(C(=O)N/N=C/c2ccc(OCC(=O)Nc3ccc(C)c(C)c3)c(Cl)c2)ccc1OCc1ccccc1. The summed E-state index contributed by atoms with van der Waals surface area (Å²) in [5, 5.41) is 7.15. The summed E-state index contributed by atoms with van der Waals surface area (Å²) in [7, 11) is 0. The molecule has 8 nitrogen and oxygen atoms in total. The van der Waals surface area contributed by atoms with Crippen LogP contribution in [0.2, 0.25) is 5.02 Å². The number of carbonyl (C=O) groups is 2. The molecule has 42 heavy (non-hydrogen) atoms. The van der Waals surface area contributed by atoms with Crippen LogP contribution in [0.25, 0.3) is 0 Å². The molecule has 0 aliphatic carbocycles. The van der Waals surface area contributed by atoms with E-state index in [0.29, 0.717) is 52.3 Å². The standard InChI is InChI=1S/C33H32ClN3O5/c1-4-40-31-18-26(12-15-30(31)41-20-24-8-6-5-7-9-24)33(39)37-35-19-25-11-14-29(28(34)17-25)42-21-32(38)36-27-13-10-22(2)23(3)16-27/h5-19H,4,20-21H2,1-3H3,(H,36,38)(H,37,39)/b35-19+. The Morgan fingerprint density at radius 3 is 2.36 bits per heavy atom. The maximum atomic E-state index is 12.7. The van der Waals surface area contributed by atoms with Gasteiger partial charge < -0.3 is 19.5 Å². The molecule has 0 saturated carbocycles. The average Bonchev–Trinajstić information content (AvgIpc) is 2.98. The number of amides is 2. The Labute approximate surface area is 250 Å². The average molecular weight is 586 g/mol. The Balaban J connectivity index is 1.30. The van der Waals surface area contributed by atoms with E-state index >= 15 is 0 Å². The Bertz CT molecular complexity index is 1570. The highest BCUT2D eigenvalue weighted by Gasteiger charge is 2.12. The summed E-state index contributed by atoms with van der Waals surface area (Å²) in [5.41, 5.74) is 7.46. The highest BCUT2D eigenvalue weighted by atomic mass is 35.5. The number of benzene rings is 4. The number of anilines is 1. The summed E-state index contributed by atoms with van der Waals surface area (Å²) < 4.78 is 17.2. The van der Waals surface area contributed by atoms with Crippen molar-refractivity contribution in [2.75, 3.05) is 18.5 Å². The first-order valence-corrected chi connectivity index (χ1v) is 13.8. The summed E-state index contributed by atoms with van der Waals surface area (Å²) in [4.78, 5) is 25.0. The van der Waals surface area contributed by atoms with Gasteiger partial charge in [-0.2, -0.15) is 5.10 Å². The van der Waals surface area contributed by atoms with E-state index in [2.05, 4.69) is 15.8 Å². The van der Waals surface area contributed by atoms with Crippen molar-refractivity contribution in [2.24, 2.45) is 5.10 Å². The fourth-order valence-electron chi connectivity index (χ4n) is 3.88. The number of hydrogen-bond donors (Lipinski definition) is 2. The van der Waals surface area contributed by atoms with E-state index in [1.807, 2.05) is 69.3 Å². The molecule has 0 spiro atoms. The number of carbonyl (C=O) groups excluding carboxylic acids is 2. The molecule has 0 bridgehead atoms. The van der Waals surface area contributed by atoms with Crippen molar-refractivity contribution >= 4 is 35.3 Å². The number of ether oxygens (including phenoxy) is 3. The number of halogens is 1. The first kappa shape index (κ1) is 30.1. The number of hydrogen-bond acceptors (Lipinski definition) is 6. The van der Waals surface area contributed by atoms with Gasteiger partial charge in [0.05, 0.1) is 17.8 Å². The van der Waals surface area contributed by atoms with Crippen LogP contribution >= 0.6 is 11.6 Å². The van der Waals surface area contributed by atoms with Crippen molar-refractivity contribution in [3.8, 4) is 17.2 Å². The van der Waals surface area contributed by atoms with Crippen molar-refractivity contribution < 1.29 is 23.8 Å². The second kappa shape index (κ2) is 14.7. The molecule has 0 unspecified atom stereocenters. The normalized spacial score (nSPS) is 10.8. The van der Waals surface area contributed by atoms with E-state index in [1.165, 1.54) is 6.21 Å². The van der Waals surface area contributed by atoms with Crippen molar-refractivity contribution in [2.45, 2.75) is 27.4 Å². The van der Waals surface area contributed by atoms with Gasteiger partial charge in [-0.05, 0) is 91.6 Å². The maximum Gasteiger partial charge on any atom is 0.271 e. The number of nitrogens with one attached hydrogen (secondary N) is 2. The van der Waals surface area contributed by atoms with Gasteiger partial charge in [0, 0.05) is 11.3 Å². The summed E-state index contributed by atoms with van der Waals surface area (Å²) >= 11 is 6.34. The van der Waals surface area contributed by atoms with Crippen molar-refractivity contribution in [3.63, 3.8) is 0 Å². The molecule has 4 aromatic rings. The second-order valence-electron chi connectivity index (χ2n) is 9.39. The highest BCUT2D eigenvalue weighted by Crippen LogP contribution is 2.29. The molecule has 4 aromatic carbocycles. The van der Waals surface area contributed by atoms with Gasteiger partial charge in [-0.25, -0.2) is 5.43 Å². The van der Waals surface area contributed by atoms with Crippen molar-refractivity contribution in [3.05, 3.63) is 118 Å². The minimum absolute atomic E-state index is 0.198. The molecule has 9 heteroatoms. The topological polar surface area (TPSA) is 98.3 Å². The van der Waals surface area contributed by atoms with Gasteiger partial charge >= 0.3 is 0 Å².